The first-order valence-electron chi connectivity index (χ1n) is 8.06. The molecule has 0 saturated carbocycles. The number of anilines is 2. The average Bonchev–Trinajstić information content (AvgIpc) is 2.53. The Hall–Kier alpha value is -2.95. The van der Waals surface area contributed by atoms with Crippen LogP contribution in [0.15, 0.2) is 34.3 Å². The fourth-order valence-electron chi connectivity index (χ4n) is 2.27. The summed E-state index contributed by atoms with van der Waals surface area (Å²) in [5.41, 5.74) is 6.61. The molecule has 2 aromatic rings. The first kappa shape index (κ1) is 20.4. The third kappa shape index (κ3) is 4.42. The topological polar surface area (TPSA) is 121 Å². The number of nitrogens with zero attached hydrogens (tertiary/aromatic N) is 7. The van der Waals surface area contributed by atoms with Gasteiger partial charge in [-0.05, 0) is 25.5 Å². The molecule has 0 atom stereocenters. The number of rotatable bonds is 5. The fraction of sp³-hybridized carbons (Fsp3) is 0.375. The first-order valence-corrected chi connectivity index (χ1v) is 9.50. The van der Waals surface area contributed by atoms with Crippen molar-refractivity contribution in [1.29, 1.82) is 0 Å². The lowest BCUT2D eigenvalue weighted by atomic mass is 10.2. The highest BCUT2D eigenvalue weighted by Gasteiger charge is 2.32. The van der Waals surface area contributed by atoms with Crippen molar-refractivity contribution >= 4 is 27.9 Å². The van der Waals surface area contributed by atoms with E-state index in [1.54, 1.807) is 65.1 Å². The monoisotopic (exact) mass is 392 g/mol. The van der Waals surface area contributed by atoms with E-state index in [0.717, 1.165) is 4.31 Å². The number of hydrazone groups is 1. The average molecular weight is 392 g/mol. The second-order valence-electron chi connectivity index (χ2n) is 6.22. The van der Waals surface area contributed by atoms with Crippen molar-refractivity contribution in [3.8, 4) is 0 Å². The summed E-state index contributed by atoms with van der Waals surface area (Å²) in [5.74, 6) is 0.252. The highest BCUT2D eigenvalue weighted by molar-refractivity contribution is 7.93. The molecule has 0 aliphatic rings. The largest absolute Gasteiger partial charge is 0.367 e. The van der Waals surface area contributed by atoms with E-state index < -0.39 is 10.0 Å². The summed E-state index contributed by atoms with van der Waals surface area (Å²) < 4.78 is 27.6. The van der Waals surface area contributed by atoms with Gasteiger partial charge in [-0.25, -0.2) is 8.42 Å². The van der Waals surface area contributed by atoms with Gasteiger partial charge in [0.15, 0.2) is 0 Å². The standard InChI is InChI=1S/C16H24N8O2S/c1-11-9-7-8-10-13(11)27(25,26)24(14(17)21-23(5)6)16-19-12(2)18-15(20-16)22(3)4/h7-10H,1-6H3,(H2,17,21). The van der Waals surface area contributed by atoms with Crippen molar-refractivity contribution in [2.45, 2.75) is 18.7 Å². The molecule has 2 N–H and O–H groups in total. The predicted molar refractivity (Wildman–Crippen MR) is 105 cm³/mol. The maximum Gasteiger partial charge on any atom is 0.273 e. The lowest BCUT2D eigenvalue weighted by Gasteiger charge is -2.24. The Morgan fingerprint density at radius 3 is 2.15 bits per heavy atom. The number of nitrogens with two attached hydrogens (primary N) is 1. The van der Waals surface area contributed by atoms with Crippen LogP contribution in [0.3, 0.4) is 0 Å². The van der Waals surface area contributed by atoms with Crippen molar-refractivity contribution in [3.63, 3.8) is 0 Å². The second kappa shape index (κ2) is 7.74. The minimum Gasteiger partial charge on any atom is -0.367 e. The summed E-state index contributed by atoms with van der Waals surface area (Å²) >= 11 is 0. The van der Waals surface area contributed by atoms with Gasteiger partial charge in [-0.15, -0.1) is 5.10 Å². The Bertz CT molecular complexity index is 957. The van der Waals surface area contributed by atoms with Gasteiger partial charge in [0.25, 0.3) is 16.0 Å². The van der Waals surface area contributed by atoms with E-state index in [0.29, 0.717) is 17.3 Å². The molecule has 0 fully saturated rings. The molecule has 0 radical (unpaired) electrons. The molecule has 1 heterocycles. The summed E-state index contributed by atoms with van der Waals surface area (Å²) in [6.45, 7) is 3.35. The van der Waals surface area contributed by atoms with Crippen LogP contribution in [0.25, 0.3) is 0 Å². The summed E-state index contributed by atoms with van der Waals surface area (Å²) in [6.07, 6.45) is 0. The maximum absolute atomic E-state index is 13.4. The Balaban J connectivity index is 2.76. The van der Waals surface area contributed by atoms with E-state index in [4.69, 9.17) is 5.73 Å². The molecular weight excluding hydrogens is 368 g/mol. The molecule has 0 unspecified atom stereocenters. The van der Waals surface area contributed by atoms with Crippen LogP contribution in [0.1, 0.15) is 11.4 Å². The van der Waals surface area contributed by atoms with E-state index in [1.807, 2.05) is 0 Å². The molecule has 0 spiro atoms. The maximum atomic E-state index is 13.4. The summed E-state index contributed by atoms with van der Waals surface area (Å²) in [5, 5.41) is 5.44. The predicted octanol–water partition coefficient (Wildman–Crippen LogP) is 0.541. The van der Waals surface area contributed by atoms with Crippen LogP contribution in [0.5, 0.6) is 0 Å². The number of hydrogen-bond acceptors (Lipinski definition) is 8. The van der Waals surface area contributed by atoms with Crippen LogP contribution in [0.2, 0.25) is 0 Å². The second-order valence-corrected chi connectivity index (χ2v) is 7.97. The van der Waals surface area contributed by atoms with Crippen LogP contribution in [0.4, 0.5) is 11.9 Å². The molecule has 0 saturated heterocycles. The van der Waals surface area contributed by atoms with Crippen molar-refractivity contribution in [2.24, 2.45) is 10.8 Å². The summed E-state index contributed by atoms with van der Waals surface area (Å²) in [6, 6.07) is 6.60. The van der Waals surface area contributed by atoms with Crippen LogP contribution in [-0.4, -0.2) is 62.5 Å². The number of guanidine groups is 1. The van der Waals surface area contributed by atoms with Gasteiger partial charge in [0.2, 0.25) is 11.9 Å². The minimum absolute atomic E-state index is 0.0892. The van der Waals surface area contributed by atoms with Crippen LogP contribution in [0, 0.1) is 13.8 Å². The molecule has 2 rings (SSSR count). The van der Waals surface area contributed by atoms with E-state index in [2.05, 4.69) is 20.1 Å². The SMILES string of the molecule is Cc1nc(N(C)C)nc(N(C(N)=NN(C)C)S(=O)(=O)c2ccccc2C)n1. The molecule has 10 nitrogen and oxygen atoms in total. The van der Waals surface area contributed by atoms with Gasteiger partial charge in [-0.1, -0.05) is 18.2 Å². The molecule has 0 bridgehead atoms. The molecule has 27 heavy (non-hydrogen) atoms. The smallest absolute Gasteiger partial charge is 0.273 e. The van der Waals surface area contributed by atoms with Gasteiger partial charge < -0.3 is 10.6 Å². The van der Waals surface area contributed by atoms with Gasteiger partial charge in [0, 0.05) is 28.2 Å². The third-order valence-corrected chi connectivity index (χ3v) is 5.27. The number of hydrogen-bond donors (Lipinski definition) is 1. The molecule has 1 aromatic carbocycles. The van der Waals surface area contributed by atoms with Crippen molar-refractivity contribution < 1.29 is 8.42 Å². The van der Waals surface area contributed by atoms with Crippen LogP contribution >= 0.6 is 0 Å². The fourth-order valence-corrected chi connectivity index (χ4v) is 3.77. The third-order valence-electron chi connectivity index (χ3n) is 3.43. The molecule has 0 aliphatic carbocycles. The number of benzene rings is 1. The highest BCUT2D eigenvalue weighted by atomic mass is 32.2. The Kier molecular flexibility index (Phi) is 5.84. The zero-order valence-corrected chi connectivity index (χ0v) is 17.1. The van der Waals surface area contributed by atoms with Crippen molar-refractivity contribution in [3.05, 3.63) is 35.7 Å². The molecule has 11 heteroatoms. The van der Waals surface area contributed by atoms with Gasteiger partial charge in [-0.2, -0.15) is 19.3 Å². The molecular formula is C16H24N8O2S. The van der Waals surface area contributed by atoms with Crippen LogP contribution in [-0.2, 0) is 10.0 Å². The molecule has 0 amide bonds. The number of sulfonamides is 1. The highest BCUT2D eigenvalue weighted by Crippen LogP contribution is 2.24. The summed E-state index contributed by atoms with van der Waals surface area (Å²) in [4.78, 5) is 14.4. The van der Waals surface area contributed by atoms with E-state index in [-0.39, 0.29) is 16.8 Å². The van der Waals surface area contributed by atoms with Crippen molar-refractivity contribution in [1.82, 2.24) is 20.0 Å². The lowest BCUT2D eigenvalue weighted by Crippen LogP contribution is -2.44. The normalized spacial score (nSPS) is 12.0. The molecule has 0 aliphatic heterocycles. The number of aryl methyl sites for hydroxylation is 2. The van der Waals surface area contributed by atoms with Gasteiger partial charge >= 0.3 is 0 Å². The van der Waals surface area contributed by atoms with Crippen molar-refractivity contribution in [2.75, 3.05) is 37.4 Å². The van der Waals surface area contributed by atoms with Crippen LogP contribution < -0.4 is 14.9 Å². The van der Waals surface area contributed by atoms with Gasteiger partial charge in [0.1, 0.15) is 5.82 Å². The van der Waals surface area contributed by atoms with Gasteiger partial charge in [-0.3, -0.25) is 5.01 Å². The zero-order valence-electron chi connectivity index (χ0n) is 16.2. The molecule has 146 valence electrons. The summed E-state index contributed by atoms with van der Waals surface area (Å²) in [7, 11) is 2.65. The van der Waals surface area contributed by atoms with E-state index in [9.17, 15) is 8.42 Å². The Morgan fingerprint density at radius 1 is 1.00 bits per heavy atom. The first-order chi connectivity index (χ1) is 12.5. The zero-order chi connectivity index (χ0) is 20.4. The Labute approximate surface area is 159 Å². The lowest BCUT2D eigenvalue weighted by molar-refractivity contribution is 0.436. The quantitative estimate of drug-likeness (QED) is 0.445. The van der Waals surface area contributed by atoms with E-state index >= 15 is 0 Å². The minimum atomic E-state index is -4.11. The van der Waals surface area contributed by atoms with Gasteiger partial charge in [0.05, 0.1) is 4.90 Å². The molecule has 1 aromatic heterocycles. The Morgan fingerprint density at radius 2 is 1.59 bits per heavy atom. The number of aromatic nitrogens is 3. The van der Waals surface area contributed by atoms with E-state index in [1.165, 1.54) is 11.1 Å².